The largest absolute Gasteiger partial charge is 0.351 e. The lowest BCUT2D eigenvalue weighted by atomic mass is 9.99. The Kier molecular flexibility index (Phi) is 4.17. The Bertz CT molecular complexity index is 790. The number of hydrogen-bond donors (Lipinski definition) is 4. The number of piperidine rings is 1. The van der Waals surface area contributed by atoms with Crippen molar-refractivity contribution in [1.29, 1.82) is 0 Å². The molecule has 7 nitrogen and oxygen atoms in total. The van der Waals surface area contributed by atoms with Gasteiger partial charge in [0.15, 0.2) is 5.69 Å². The van der Waals surface area contributed by atoms with Crippen LogP contribution in [0.2, 0.25) is 0 Å². The highest BCUT2D eigenvalue weighted by molar-refractivity contribution is 6.05. The summed E-state index contributed by atoms with van der Waals surface area (Å²) in [6, 6.07) is 8.06. The van der Waals surface area contributed by atoms with E-state index < -0.39 is 6.04 Å². The Morgan fingerprint density at radius 2 is 1.92 bits per heavy atom. The van der Waals surface area contributed by atoms with Gasteiger partial charge >= 0.3 is 0 Å². The number of para-hydroxylation sites is 1. The monoisotopic (exact) mass is 341 g/mol. The van der Waals surface area contributed by atoms with Crippen LogP contribution in [0, 0.1) is 0 Å². The number of aromatic amines is 1. The van der Waals surface area contributed by atoms with E-state index in [1.165, 1.54) is 12.8 Å². The standard InChI is InChI=1S/C18H23N5O2/c1-10(17(24)21-13-8-11-6-7-12(9-13)20-11)19-18(25)16-14-4-2-3-5-15(14)22-23-16/h2-5,10-13,20H,6-9H2,1H3,(H,19,25)(H,21,24)(H,22,23). The number of carbonyl (C=O) groups is 2. The average Bonchev–Trinajstić information content (AvgIpc) is 3.18. The topological polar surface area (TPSA) is 98.9 Å². The number of H-pyrrole nitrogens is 1. The van der Waals surface area contributed by atoms with Gasteiger partial charge in [0.05, 0.1) is 5.52 Å². The molecule has 0 aliphatic carbocycles. The number of amides is 2. The lowest BCUT2D eigenvalue weighted by Gasteiger charge is -2.30. The van der Waals surface area contributed by atoms with Gasteiger partial charge in [-0.1, -0.05) is 18.2 Å². The molecule has 4 rings (SSSR count). The smallest absolute Gasteiger partial charge is 0.273 e. The number of hydrogen-bond acceptors (Lipinski definition) is 4. The molecule has 1 aromatic heterocycles. The van der Waals surface area contributed by atoms with Gasteiger partial charge in [0.25, 0.3) is 5.91 Å². The zero-order valence-corrected chi connectivity index (χ0v) is 14.2. The molecule has 2 fully saturated rings. The van der Waals surface area contributed by atoms with Crippen LogP contribution in [0.5, 0.6) is 0 Å². The Balaban J connectivity index is 1.37. The van der Waals surface area contributed by atoms with Crippen molar-refractivity contribution in [1.82, 2.24) is 26.1 Å². The van der Waals surface area contributed by atoms with Crippen LogP contribution in [0.25, 0.3) is 10.9 Å². The molecule has 0 spiro atoms. The number of benzene rings is 1. The van der Waals surface area contributed by atoms with Crippen LogP contribution >= 0.6 is 0 Å². The Morgan fingerprint density at radius 3 is 2.68 bits per heavy atom. The zero-order valence-electron chi connectivity index (χ0n) is 14.2. The van der Waals surface area contributed by atoms with Gasteiger partial charge in [-0.05, 0) is 38.7 Å². The van der Waals surface area contributed by atoms with E-state index in [4.69, 9.17) is 0 Å². The van der Waals surface area contributed by atoms with Crippen molar-refractivity contribution in [3.05, 3.63) is 30.0 Å². The molecule has 2 saturated heterocycles. The molecule has 3 heterocycles. The number of rotatable bonds is 4. The van der Waals surface area contributed by atoms with Crippen LogP contribution in [0.15, 0.2) is 24.3 Å². The maximum absolute atomic E-state index is 12.5. The van der Waals surface area contributed by atoms with Crippen LogP contribution in [0.1, 0.15) is 43.1 Å². The third-order valence-corrected chi connectivity index (χ3v) is 5.25. The molecule has 2 aliphatic heterocycles. The molecular formula is C18H23N5O2. The fraction of sp³-hybridized carbons (Fsp3) is 0.500. The minimum absolute atomic E-state index is 0.139. The maximum Gasteiger partial charge on any atom is 0.273 e. The number of aromatic nitrogens is 2. The van der Waals surface area contributed by atoms with Gasteiger partial charge in [0.1, 0.15) is 6.04 Å². The van der Waals surface area contributed by atoms with Gasteiger partial charge < -0.3 is 16.0 Å². The minimum Gasteiger partial charge on any atom is -0.351 e. The first-order valence-corrected chi connectivity index (χ1v) is 8.90. The molecule has 2 aromatic rings. The molecule has 3 unspecified atom stereocenters. The maximum atomic E-state index is 12.5. The molecular weight excluding hydrogens is 318 g/mol. The van der Waals surface area contributed by atoms with E-state index in [2.05, 4.69) is 26.1 Å². The van der Waals surface area contributed by atoms with Crippen LogP contribution in [-0.4, -0.2) is 46.2 Å². The molecule has 3 atom stereocenters. The van der Waals surface area contributed by atoms with E-state index in [9.17, 15) is 9.59 Å². The Labute approximate surface area is 145 Å². The van der Waals surface area contributed by atoms with Crippen molar-refractivity contribution >= 4 is 22.7 Å². The highest BCUT2D eigenvalue weighted by Crippen LogP contribution is 2.26. The molecule has 0 radical (unpaired) electrons. The van der Waals surface area contributed by atoms with E-state index in [1.807, 2.05) is 24.3 Å². The van der Waals surface area contributed by atoms with E-state index in [0.717, 1.165) is 23.7 Å². The van der Waals surface area contributed by atoms with Crippen LogP contribution < -0.4 is 16.0 Å². The third-order valence-electron chi connectivity index (χ3n) is 5.25. The van der Waals surface area contributed by atoms with Gasteiger partial charge in [-0.2, -0.15) is 5.10 Å². The predicted molar refractivity (Wildman–Crippen MR) is 94.1 cm³/mol. The molecule has 1 aromatic carbocycles. The third kappa shape index (κ3) is 3.24. The van der Waals surface area contributed by atoms with Crippen molar-refractivity contribution < 1.29 is 9.59 Å². The molecule has 7 heteroatoms. The second kappa shape index (κ2) is 6.48. The van der Waals surface area contributed by atoms with Crippen LogP contribution in [-0.2, 0) is 4.79 Å². The van der Waals surface area contributed by atoms with Crippen molar-refractivity contribution in [2.75, 3.05) is 0 Å². The summed E-state index contributed by atoms with van der Waals surface area (Å²) < 4.78 is 0. The van der Waals surface area contributed by atoms with E-state index in [0.29, 0.717) is 17.8 Å². The van der Waals surface area contributed by atoms with Gasteiger partial charge in [0, 0.05) is 23.5 Å². The summed E-state index contributed by atoms with van der Waals surface area (Å²) in [6.07, 6.45) is 4.31. The van der Waals surface area contributed by atoms with Crippen LogP contribution in [0.4, 0.5) is 0 Å². The van der Waals surface area contributed by atoms with Crippen molar-refractivity contribution in [2.24, 2.45) is 0 Å². The van der Waals surface area contributed by atoms with Crippen molar-refractivity contribution in [2.45, 2.75) is 56.8 Å². The summed E-state index contributed by atoms with van der Waals surface area (Å²) in [4.78, 5) is 24.9. The van der Waals surface area contributed by atoms with E-state index in [-0.39, 0.29) is 17.9 Å². The Hall–Kier alpha value is -2.41. The molecule has 25 heavy (non-hydrogen) atoms. The van der Waals surface area contributed by atoms with E-state index in [1.54, 1.807) is 6.92 Å². The molecule has 4 N–H and O–H groups in total. The summed E-state index contributed by atoms with van der Waals surface area (Å²) >= 11 is 0. The van der Waals surface area contributed by atoms with Gasteiger partial charge in [-0.3, -0.25) is 14.7 Å². The summed E-state index contributed by atoms with van der Waals surface area (Å²) in [5.74, 6) is -0.482. The second-order valence-electron chi connectivity index (χ2n) is 7.13. The summed E-state index contributed by atoms with van der Waals surface area (Å²) in [7, 11) is 0. The molecule has 2 amide bonds. The number of carbonyl (C=O) groups excluding carboxylic acids is 2. The quantitative estimate of drug-likeness (QED) is 0.669. The van der Waals surface area contributed by atoms with Gasteiger partial charge in [-0.25, -0.2) is 0 Å². The fourth-order valence-corrected chi connectivity index (χ4v) is 3.97. The lowest BCUT2D eigenvalue weighted by molar-refractivity contribution is -0.123. The molecule has 132 valence electrons. The number of nitrogens with one attached hydrogen (secondary N) is 4. The summed E-state index contributed by atoms with van der Waals surface area (Å²) in [5.41, 5.74) is 1.12. The SMILES string of the molecule is CC(NC(=O)c1n[nH]c2ccccc12)C(=O)NC1CC2CCC(C1)N2. The van der Waals surface area contributed by atoms with Gasteiger partial charge in [-0.15, -0.1) is 0 Å². The number of fused-ring (bicyclic) bond motifs is 3. The molecule has 0 saturated carbocycles. The zero-order chi connectivity index (χ0) is 17.4. The normalized spacial score (nSPS) is 26.4. The fourth-order valence-electron chi connectivity index (χ4n) is 3.97. The summed E-state index contributed by atoms with van der Waals surface area (Å²) in [6.45, 7) is 1.71. The van der Waals surface area contributed by atoms with Crippen molar-refractivity contribution in [3.8, 4) is 0 Å². The number of nitrogens with zero attached hydrogens (tertiary/aromatic N) is 1. The highest BCUT2D eigenvalue weighted by Gasteiger charge is 2.34. The predicted octanol–water partition coefficient (Wildman–Crippen LogP) is 1.08. The van der Waals surface area contributed by atoms with E-state index >= 15 is 0 Å². The highest BCUT2D eigenvalue weighted by atomic mass is 16.2. The first kappa shape index (κ1) is 16.1. The average molecular weight is 341 g/mol. The minimum atomic E-state index is -0.601. The first-order valence-electron chi connectivity index (χ1n) is 8.90. The van der Waals surface area contributed by atoms with Crippen molar-refractivity contribution in [3.63, 3.8) is 0 Å². The lowest BCUT2D eigenvalue weighted by Crippen LogP contribution is -2.52. The molecule has 2 aliphatic rings. The van der Waals surface area contributed by atoms with Crippen LogP contribution in [0.3, 0.4) is 0 Å². The first-order chi connectivity index (χ1) is 12.1. The van der Waals surface area contributed by atoms with Gasteiger partial charge in [0.2, 0.25) is 5.91 Å². The summed E-state index contributed by atoms with van der Waals surface area (Å²) in [5, 5.41) is 17.1. The Morgan fingerprint density at radius 1 is 1.20 bits per heavy atom. The second-order valence-corrected chi connectivity index (χ2v) is 7.13. The molecule has 2 bridgehead atoms.